The van der Waals surface area contributed by atoms with Crippen LogP contribution in [0.4, 0.5) is 0 Å². The van der Waals surface area contributed by atoms with Gasteiger partial charge in [0.05, 0.1) is 0 Å². The summed E-state index contributed by atoms with van der Waals surface area (Å²) in [7, 11) is 0. The third-order valence-corrected chi connectivity index (χ3v) is 2.54. The van der Waals surface area contributed by atoms with E-state index in [1.807, 2.05) is 18.2 Å². The minimum atomic E-state index is -0.930. The Morgan fingerprint density at radius 1 is 1.29 bits per heavy atom. The number of hydrogen-bond acceptors (Lipinski definition) is 2. The highest BCUT2D eigenvalue weighted by Gasteiger charge is 2.19. The van der Waals surface area contributed by atoms with E-state index >= 15 is 0 Å². The van der Waals surface area contributed by atoms with Crippen LogP contribution in [0.1, 0.15) is 38.4 Å². The molecule has 0 saturated carbocycles. The molecule has 0 aromatic heterocycles. The molecule has 0 bridgehead atoms. The first-order valence-electron chi connectivity index (χ1n) is 6.00. The van der Waals surface area contributed by atoms with Gasteiger partial charge in [-0.2, -0.15) is 0 Å². The molecule has 0 spiro atoms. The van der Waals surface area contributed by atoms with Crippen LogP contribution in [0.5, 0.6) is 0 Å². The van der Waals surface area contributed by atoms with Gasteiger partial charge in [0, 0.05) is 6.61 Å². The molecule has 0 aliphatic carbocycles. The zero-order valence-corrected chi connectivity index (χ0v) is 10.4. The number of benzene rings is 1. The molecule has 0 fully saturated rings. The van der Waals surface area contributed by atoms with Gasteiger partial charge in [0.15, 0.2) is 6.10 Å². The van der Waals surface area contributed by atoms with Crippen molar-refractivity contribution in [2.45, 2.75) is 32.8 Å². The predicted molar refractivity (Wildman–Crippen MR) is 66.8 cm³/mol. The maximum absolute atomic E-state index is 11.1. The number of carbonyl (C=O) groups is 1. The Morgan fingerprint density at radius 2 is 1.94 bits per heavy atom. The molecule has 0 saturated heterocycles. The average Bonchev–Trinajstić information content (AvgIpc) is 2.29. The maximum atomic E-state index is 11.1. The van der Waals surface area contributed by atoms with Crippen LogP contribution in [0.15, 0.2) is 30.3 Å². The van der Waals surface area contributed by atoms with Crippen molar-refractivity contribution in [3.05, 3.63) is 35.9 Å². The fourth-order valence-corrected chi connectivity index (χ4v) is 1.63. The Hall–Kier alpha value is -1.35. The molecule has 0 heterocycles. The van der Waals surface area contributed by atoms with Gasteiger partial charge in [-0.1, -0.05) is 44.2 Å². The second kappa shape index (κ2) is 7.07. The number of carboxylic acids is 1. The quantitative estimate of drug-likeness (QED) is 0.739. The maximum Gasteiger partial charge on any atom is 0.337 e. The van der Waals surface area contributed by atoms with Crippen LogP contribution in [0, 0.1) is 5.92 Å². The predicted octanol–water partition coefficient (Wildman–Crippen LogP) is 3.27. The van der Waals surface area contributed by atoms with Crippen LogP contribution >= 0.6 is 0 Å². The lowest BCUT2D eigenvalue weighted by molar-refractivity contribution is -0.151. The summed E-state index contributed by atoms with van der Waals surface area (Å²) in [6, 6.07) is 9.06. The number of carboxylic acid groups (broad SMARTS) is 1. The largest absolute Gasteiger partial charge is 0.479 e. The summed E-state index contributed by atoms with van der Waals surface area (Å²) < 4.78 is 5.44. The highest BCUT2D eigenvalue weighted by atomic mass is 16.5. The molecular formula is C14H20O3. The molecule has 1 aromatic carbocycles. The van der Waals surface area contributed by atoms with E-state index in [9.17, 15) is 4.79 Å². The van der Waals surface area contributed by atoms with Gasteiger partial charge in [-0.05, 0) is 24.3 Å². The Balaban J connectivity index is 2.48. The van der Waals surface area contributed by atoms with Gasteiger partial charge >= 0.3 is 5.97 Å². The highest BCUT2D eigenvalue weighted by Crippen LogP contribution is 2.18. The second-order valence-electron chi connectivity index (χ2n) is 4.54. The minimum Gasteiger partial charge on any atom is -0.479 e. The van der Waals surface area contributed by atoms with Crippen LogP contribution in [-0.2, 0) is 9.53 Å². The Labute approximate surface area is 102 Å². The molecule has 1 N–H and O–H groups in total. The van der Waals surface area contributed by atoms with Crippen LogP contribution < -0.4 is 0 Å². The molecule has 1 atom stereocenters. The zero-order chi connectivity index (χ0) is 12.7. The molecule has 1 rings (SSSR count). The van der Waals surface area contributed by atoms with E-state index < -0.39 is 12.1 Å². The van der Waals surface area contributed by atoms with Crippen molar-refractivity contribution in [2.24, 2.45) is 5.92 Å². The normalized spacial score (nSPS) is 12.6. The van der Waals surface area contributed by atoms with Crippen LogP contribution in [0.25, 0.3) is 0 Å². The molecule has 3 heteroatoms. The van der Waals surface area contributed by atoms with Crippen molar-refractivity contribution in [2.75, 3.05) is 6.61 Å². The summed E-state index contributed by atoms with van der Waals surface area (Å²) in [4.78, 5) is 11.1. The summed E-state index contributed by atoms with van der Waals surface area (Å²) in [5.41, 5.74) is 0.699. The lowest BCUT2D eigenvalue weighted by Crippen LogP contribution is -2.16. The zero-order valence-electron chi connectivity index (χ0n) is 10.4. The summed E-state index contributed by atoms with van der Waals surface area (Å²) in [5.74, 6) is -0.306. The van der Waals surface area contributed by atoms with Crippen molar-refractivity contribution < 1.29 is 14.6 Å². The molecule has 1 aromatic rings. The van der Waals surface area contributed by atoms with Crippen molar-refractivity contribution in [1.29, 1.82) is 0 Å². The van der Waals surface area contributed by atoms with Crippen LogP contribution in [-0.4, -0.2) is 17.7 Å². The van der Waals surface area contributed by atoms with E-state index in [4.69, 9.17) is 9.84 Å². The summed E-state index contributed by atoms with van der Waals surface area (Å²) in [6.07, 6.45) is 1.11. The topological polar surface area (TPSA) is 46.5 Å². The van der Waals surface area contributed by atoms with Crippen LogP contribution in [0.2, 0.25) is 0 Å². The standard InChI is InChI=1S/C14H20O3/c1-11(2)7-6-10-17-13(14(15)16)12-8-4-3-5-9-12/h3-5,8-9,11,13H,6-7,10H2,1-2H3,(H,15,16). The van der Waals surface area contributed by atoms with E-state index in [1.165, 1.54) is 0 Å². The molecule has 94 valence electrons. The van der Waals surface area contributed by atoms with E-state index in [-0.39, 0.29) is 0 Å². The van der Waals surface area contributed by atoms with Gasteiger partial charge in [0.25, 0.3) is 0 Å². The highest BCUT2D eigenvalue weighted by molar-refractivity contribution is 5.74. The number of hydrogen-bond donors (Lipinski definition) is 1. The first kappa shape index (κ1) is 13.7. The fourth-order valence-electron chi connectivity index (χ4n) is 1.63. The second-order valence-corrected chi connectivity index (χ2v) is 4.54. The van der Waals surface area contributed by atoms with E-state index in [0.29, 0.717) is 18.1 Å². The SMILES string of the molecule is CC(C)CCCOC(C(=O)O)c1ccccc1. The molecule has 17 heavy (non-hydrogen) atoms. The van der Waals surface area contributed by atoms with E-state index in [0.717, 1.165) is 12.8 Å². The third kappa shape index (κ3) is 5.00. The monoisotopic (exact) mass is 236 g/mol. The summed E-state index contributed by atoms with van der Waals surface area (Å²) in [5, 5.41) is 9.11. The molecule has 0 aliphatic heterocycles. The van der Waals surface area contributed by atoms with E-state index in [1.54, 1.807) is 12.1 Å². The summed E-state index contributed by atoms with van der Waals surface area (Å²) >= 11 is 0. The van der Waals surface area contributed by atoms with Crippen molar-refractivity contribution in [1.82, 2.24) is 0 Å². The fraction of sp³-hybridized carbons (Fsp3) is 0.500. The van der Waals surface area contributed by atoms with Gasteiger partial charge in [-0.25, -0.2) is 4.79 Å². The average molecular weight is 236 g/mol. The van der Waals surface area contributed by atoms with Gasteiger partial charge in [-0.3, -0.25) is 0 Å². The Bertz CT molecular complexity index is 333. The number of aliphatic carboxylic acids is 1. The van der Waals surface area contributed by atoms with Gasteiger partial charge in [0.1, 0.15) is 0 Å². The Kier molecular flexibility index (Phi) is 5.70. The number of ether oxygens (including phenoxy) is 1. The lowest BCUT2D eigenvalue weighted by Gasteiger charge is -2.14. The van der Waals surface area contributed by atoms with Gasteiger partial charge in [0.2, 0.25) is 0 Å². The first-order chi connectivity index (χ1) is 8.11. The van der Waals surface area contributed by atoms with Crippen LogP contribution in [0.3, 0.4) is 0 Å². The Morgan fingerprint density at radius 3 is 2.47 bits per heavy atom. The molecule has 3 nitrogen and oxygen atoms in total. The van der Waals surface area contributed by atoms with E-state index in [2.05, 4.69) is 13.8 Å². The van der Waals surface area contributed by atoms with Crippen molar-refractivity contribution in [3.8, 4) is 0 Å². The van der Waals surface area contributed by atoms with Crippen molar-refractivity contribution >= 4 is 5.97 Å². The minimum absolute atomic E-state index is 0.490. The molecule has 1 unspecified atom stereocenters. The number of rotatable bonds is 7. The molecule has 0 aliphatic rings. The molecule has 0 amide bonds. The molecule has 0 radical (unpaired) electrons. The van der Waals surface area contributed by atoms with Gasteiger partial charge in [-0.15, -0.1) is 0 Å². The lowest BCUT2D eigenvalue weighted by atomic mass is 10.1. The van der Waals surface area contributed by atoms with Gasteiger partial charge < -0.3 is 9.84 Å². The van der Waals surface area contributed by atoms with Crippen molar-refractivity contribution in [3.63, 3.8) is 0 Å². The smallest absolute Gasteiger partial charge is 0.337 e. The molecular weight excluding hydrogens is 216 g/mol. The third-order valence-electron chi connectivity index (χ3n) is 2.54. The summed E-state index contributed by atoms with van der Waals surface area (Å²) in [6.45, 7) is 4.78. The first-order valence-corrected chi connectivity index (χ1v) is 6.00.